The molecular weight excluding hydrogens is 368 g/mol. The summed E-state index contributed by atoms with van der Waals surface area (Å²) in [5.74, 6) is -0.137. The molecule has 0 unspecified atom stereocenters. The Kier molecular flexibility index (Phi) is 4.76. The van der Waals surface area contributed by atoms with Crippen molar-refractivity contribution in [2.75, 3.05) is 5.32 Å². The first-order valence-corrected chi connectivity index (χ1v) is 8.33. The summed E-state index contributed by atoms with van der Waals surface area (Å²) in [6.45, 7) is 4.67. The minimum Gasteiger partial charge on any atom is -0.322 e. The molecule has 0 saturated heterocycles. The van der Waals surface area contributed by atoms with Crippen LogP contribution < -0.4 is 5.32 Å². The summed E-state index contributed by atoms with van der Waals surface area (Å²) in [4.78, 5) is 16.2. The van der Waals surface area contributed by atoms with Crippen LogP contribution in [0.5, 0.6) is 0 Å². The average molecular weight is 385 g/mol. The van der Waals surface area contributed by atoms with Crippen molar-refractivity contribution in [1.29, 1.82) is 0 Å². The normalized spacial score (nSPS) is 10.6. The molecule has 0 atom stereocenters. The van der Waals surface area contributed by atoms with Gasteiger partial charge in [-0.05, 0) is 59.6 Å². The number of hydrogen-bond acceptors (Lipinski definition) is 3. The zero-order valence-electron chi connectivity index (χ0n) is 13.5. The van der Waals surface area contributed by atoms with Crippen molar-refractivity contribution in [3.05, 3.63) is 75.8 Å². The molecule has 1 aromatic carbocycles. The van der Waals surface area contributed by atoms with Gasteiger partial charge in [0, 0.05) is 23.6 Å². The molecule has 1 amide bonds. The van der Waals surface area contributed by atoms with Gasteiger partial charge in [-0.2, -0.15) is 5.10 Å². The molecule has 3 rings (SSSR count). The fraction of sp³-hybridized carbons (Fsp3) is 0.167. The van der Waals surface area contributed by atoms with Crippen LogP contribution in [0.1, 0.15) is 27.3 Å². The number of carbonyl (C=O) groups excluding carboxylic acids is 1. The molecule has 5 nitrogen and oxygen atoms in total. The van der Waals surface area contributed by atoms with Gasteiger partial charge in [-0.3, -0.25) is 14.5 Å². The first-order chi connectivity index (χ1) is 11.5. The van der Waals surface area contributed by atoms with Gasteiger partial charge in [-0.1, -0.05) is 12.1 Å². The maximum absolute atomic E-state index is 12.2. The van der Waals surface area contributed by atoms with Crippen LogP contribution in [0.4, 0.5) is 5.69 Å². The maximum atomic E-state index is 12.2. The number of aromatic nitrogens is 3. The Hall–Kier alpha value is -2.47. The van der Waals surface area contributed by atoms with E-state index >= 15 is 0 Å². The number of pyridine rings is 1. The predicted molar refractivity (Wildman–Crippen MR) is 97.1 cm³/mol. The number of benzene rings is 1. The predicted octanol–water partition coefficient (Wildman–Crippen LogP) is 3.96. The smallest absolute Gasteiger partial charge is 0.255 e. The quantitative estimate of drug-likeness (QED) is 0.740. The molecule has 0 aliphatic carbocycles. The molecule has 2 aromatic heterocycles. The van der Waals surface area contributed by atoms with Gasteiger partial charge in [0.15, 0.2) is 0 Å². The maximum Gasteiger partial charge on any atom is 0.255 e. The standard InChI is InChI=1S/C18H17BrN4O/c1-12-17(19)13(2)23(22-12)11-14-3-5-15(6-4-14)18(24)21-16-7-9-20-10-8-16/h3-10H,11H2,1-2H3,(H,20,21,24). The van der Waals surface area contributed by atoms with E-state index in [1.165, 1.54) is 0 Å². The van der Waals surface area contributed by atoms with Crippen molar-refractivity contribution in [2.24, 2.45) is 0 Å². The highest BCUT2D eigenvalue weighted by Gasteiger charge is 2.10. The number of rotatable bonds is 4. The Morgan fingerprint density at radius 3 is 2.38 bits per heavy atom. The van der Waals surface area contributed by atoms with Crippen molar-refractivity contribution in [1.82, 2.24) is 14.8 Å². The van der Waals surface area contributed by atoms with Crippen molar-refractivity contribution in [3.63, 3.8) is 0 Å². The fourth-order valence-corrected chi connectivity index (χ4v) is 2.69. The second kappa shape index (κ2) is 6.97. The highest BCUT2D eigenvalue weighted by Crippen LogP contribution is 2.20. The number of nitrogens with zero attached hydrogens (tertiary/aromatic N) is 3. The fourth-order valence-electron chi connectivity index (χ4n) is 2.40. The third-order valence-electron chi connectivity index (χ3n) is 3.78. The third kappa shape index (κ3) is 3.54. The Labute approximate surface area is 148 Å². The van der Waals surface area contributed by atoms with Crippen LogP contribution in [0, 0.1) is 13.8 Å². The van der Waals surface area contributed by atoms with Gasteiger partial charge in [0.05, 0.1) is 22.4 Å². The number of carbonyl (C=O) groups is 1. The van der Waals surface area contributed by atoms with Crippen LogP contribution in [0.2, 0.25) is 0 Å². The first kappa shape index (κ1) is 16.4. The first-order valence-electron chi connectivity index (χ1n) is 7.54. The van der Waals surface area contributed by atoms with Gasteiger partial charge in [0.1, 0.15) is 0 Å². The molecular formula is C18H17BrN4O. The van der Waals surface area contributed by atoms with Gasteiger partial charge >= 0.3 is 0 Å². The Bertz CT molecular complexity index is 857. The third-order valence-corrected chi connectivity index (χ3v) is 4.93. The minimum atomic E-state index is -0.137. The van der Waals surface area contributed by atoms with Gasteiger partial charge in [0.25, 0.3) is 5.91 Å². The van der Waals surface area contributed by atoms with Crippen molar-refractivity contribution in [2.45, 2.75) is 20.4 Å². The van der Waals surface area contributed by atoms with Crippen LogP contribution in [0.25, 0.3) is 0 Å². The summed E-state index contributed by atoms with van der Waals surface area (Å²) in [6, 6.07) is 11.1. The van der Waals surface area contributed by atoms with Crippen LogP contribution >= 0.6 is 15.9 Å². The van der Waals surface area contributed by atoms with E-state index < -0.39 is 0 Å². The molecule has 24 heavy (non-hydrogen) atoms. The second-order valence-electron chi connectivity index (χ2n) is 5.53. The van der Waals surface area contributed by atoms with Crippen molar-refractivity contribution < 1.29 is 4.79 Å². The van der Waals surface area contributed by atoms with E-state index in [1.54, 1.807) is 24.5 Å². The zero-order chi connectivity index (χ0) is 17.1. The lowest BCUT2D eigenvalue weighted by atomic mass is 10.1. The number of nitrogens with one attached hydrogen (secondary N) is 1. The largest absolute Gasteiger partial charge is 0.322 e. The highest BCUT2D eigenvalue weighted by molar-refractivity contribution is 9.10. The lowest BCUT2D eigenvalue weighted by Gasteiger charge is -2.07. The van der Waals surface area contributed by atoms with E-state index in [4.69, 9.17) is 0 Å². The van der Waals surface area contributed by atoms with Crippen LogP contribution in [-0.4, -0.2) is 20.7 Å². The molecule has 0 spiro atoms. The van der Waals surface area contributed by atoms with Gasteiger partial charge < -0.3 is 5.32 Å². The highest BCUT2D eigenvalue weighted by atomic mass is 79.9. The molecule has 6 heteroatoms. The molecule has 0 bridgehead atoms. The molecule has 0 aliphatic rings. The summed E-state index contributed by atoms with van der Waals surface area (Å²) < 4.78 is 2.99. The lowest BCUT2D eigenvalue weighted by Crippen LogP contribution is -2.12. The Balaban J connectivity index is 1.71. The topological polar surface area (TPSA) is 59.8 Å². The molecule has 0 radical (unpaired) electrons. The van der Waals surface area contributed by atoms with E-state index in [1.807, 2.05) is 42.8 Å². The lowest BCUT2D eigenvalue weighted by molar-refractivity contribution is 0.102. The molecule has 0 aliphatic heterocycles. The molecule has 122 valence electrons. The van der Waals surface area contributed by atoms with Crippen LogP contribution in [0.3, 0.4) is 0 Å². The zero-order valence-corrected chi connectivity index (χ0v) is 15.0. The second-order valence-corrected chi connectivity index (χ2v) is 6.32. The summed E-state index contributed by atoms with van der Waals surface area (Å²) >= 11 is 3.53. The molecule has 1 N–H and O–H groups in total. The van der Waals surface area contributed by atoms with Crippen LogP contribution in [0.15, 0.2) is 53.3 Å². The summed E-state index contributed by atoms with van der Waals surface area (Å²) in [6.07, 6.45) is 3.29. The van der Waals surface area contributed by atoms with Gasteiger partial charge in [-0.25, -0.2) is 0 Å². The molecule has 0 fully saturated rings. The van der Waals surface area contributed by atoms with Gasteiger partial charge in [-0.15, -0.1) is 0 Å². The SMILES string of the molecule is Cc1nn(Cc2ccc(C(=O)Nc3ccncc3)cc2)c(C)c1Br. The average Bonchev–Trinajstić information content (AvgIpc) is 2.83. The Morgan fingerprint density at radius 2 is 1.79 bits per heavy atom. The summed E-state index contributed by atoms with van der Waals surface area (Å²) in [5, 5.41) is 7.35. The monoisotopic (exact) mass is 384 g/mol. The number of anilines is 1. The van der Waals surface area contributed by atoms with Crippen LogP contribution in [-0.2, 0) is 6.54 Å². The summed E-state index contributed by atoms with van der Waals surface area (Å²) in [7, 11) is 0. The summed E-state index contributed by atoms with van der Waals surface area (Å²) in [5.41, 5.74) is 4.50. The van der Waals surface area contributed by atoms with E-state index in [0.717, 1.165) is 27.1 Å². The number of halogens is 1. The molecule has 3 aromatic rings. The van der Waals surface area contributed by atoms with Gasteiger partial charge in [0.2, 0.25) is 0 Å². The molecule has 2 heterocycles. The number of aryl methyl sites for hydroxylation is 1. The van der Waals surface area contributed by atoms with E-state index in [2.05, 4.69) is 31.3 Å². The van der Waals surface area contributed by atoms with Crippen molar-refractivity contribution >= 4 is 27.5 Å². The number of amides is 1. The van der Waals surface area contributed by atoms with E-state index in [0.29, 0.717) is 12.1 Å². The Morgan fingerprint density at radius 1 is 1.12 bits per heavy atom. The minimum absolute atomic E-state index is 0.137. The van der Waals surface area contributed by atoms with E-state index in [9.17, 15) is 4.79 Å². The number of hydrogen-bond donors (Lipinski definition) is 1. The molecule has 0 saturated carbocycles. The van der Waals surface area contributed by atoms with E-state index in [-0.39, 0.29) is 5.91 Å². The van der Waals surface area contributed by atoms with Crippen molar-refractivity contribution in [3.8, 4) is 0 Å².